The molecule has 13 nitrogen and oxygen atoms in total. The zero-order chi connectivity index (χ0) is 37.4. The number of ketones is 2. The second-order valence-corrected chi connectivity index (χ2v) is 16.0. The first-order valence-electron chi connectivity index (χ1n) is 17.8. The maximum atomic E-state index is 14.5. The molecule has 1 saturated carbocycles. The van der Waals surface area contributed by atoms with Gasteiger partial charge in [-0.05, 0) is 62.2 Å². The number of carbonyl (C=O) groups excluding carboxylic acids is 7. The fourth-order valence-electron chi connectivity index (χ4n) is 6.78. The summed E-state index contributed by atoms with van der Waals surface area (Å²) < 4.78 is 4.60. The van der Waals surface area contributed by atoms with Crippen LogP contribution in [0.1, 0.15) is 114 Å². The van der Waals surface area contributed by atoms with Crippen molar-refractivity contribution < 1.29 is 38.3 Å². The van der Waals surface area contributed by atoms with E-state index in [0.717, 1.165) is 19.3 Å². The van der Waals surface area contributed by atoms with Gasteiger partial charge in [0.05, 0.1) is 19.2 Å². The summed E-state index contributed by atoms with van der Waals surface area (Å²) in [5.41, 5.74) is -1.45. The molecular formula is C36H61N5O8. The van der Waals surface area contributed by atoms with Gasteiger partial charge in [-0.1, -0.05) is 68.2 Å². The Balaban J connectivity index is 2.37. The number of Topliss-reactive ketones (excluding diaryl/α,β-unsaturated/α-hetero) is 2. The molecule has 0 radical (unpaired) electrons. The molecule has 0 aromatic heterocycles. The lowest BCUT2D eigenvalue weighted by atomic mass is 9.76. The van der Waals surface area contributed by atoms with Gasteiger partial charge in [0.1, 0.15) is 12.1 Å². The van der Waals surface area contributed by atoms with Gasteiger partial charge in [0.15, 0.2) is 5.78 Å². The van der Waals surface area contributed by atoms with Crippen LogP contribution in [0.5, 0.6) is 0 Å². The van der Waals surface area contributed by atoms with Crippen molar-refractivity contribution in [1.29, 1.82) is 0 Å². The van der Waals surface area contributed by atoms with Crippen molar-refractivity contribution in [2.24, 2.45) is 28.6 Å². The molecule has 1 heterocycles. The maximum Gasteiger partial charge on any atom is 0.407 e. The average Bonchev–Trinajstić information content (AvgIpc) is 3.61. The molecule has 0 aromatic rings. The number of nitrogens with zero attached hydrogens (tertiary/aromatic N) is 1. The van der Waals surface area contributed by atoms with Crippen LogP contribution in [0.25, 0.3) is 0 Å². The van der Waals surface area contributed by atoms with Gasteiger partial charge in [0.2, 0.25) is 23.5 Å². The Bertz CT molecular complexity index is 1240. The van der Waals surface area contributed by atoms with Crippen LogP contribution in [0.15, 0.2) is 0 Å². The van der Waals surface area contributed by atoms with Gasteiger partial charge in [-0.15, -0.1) is 0 Å². The molecule has 1 aliphatic carbocycles. The van der Waals surface area contributed by atoms with Crippen LogP contribution >= 0.6 is 0 Å². The van der Waals surface area contributed by atoms with Gasteiger partial charge >= 0.3 is 6.09 Å². The van der Waals surface area contributed by atoms with Gasteiger partial charge in [0.25, 0.3) is 5.91 Å². The highest BCUT2D eigenvalue weighted by atomic mass is 16.5. The molecule has 8 atom stereocenters. The van der Waals surface area contributed by atoms with E-state index in [1.165, 1.54) is 14.0 Å². The molecule has 1 saturated heterocycles. The Kier molecular flexibility index (Phi) is 14.8. The second-order valence-electron chi connectivity index (χ2n) is 16.0. The summed E-state index contributed by atoms with van der Waals surface area (Å²) in [4.78, 5) is 94.7. The Morgan fingerprint density at radius 3 is 2.02 bits per heavy atom. The van der Waals surface area contributed by atoms with E-state index in [2.05, 4.69) is 26.0 Å². The fourth-order valence-corrected chi connectivity index (χ4v) is 6.78. The van der Waals surface area contributed by atoms with Crippen molar-refractivity contribution in [3.8, 4) is 0 Å². The third-order valence-corrected chi connectivity index (χ3v) is 10.0. The molecule has 2 rings (SSSR count). The van der Waals surface area contributed by atoms with Crippen LogP contribution in [-0.4, -0.2) is 90.1 Å². The summed E-state index contributed by atoms with van der Waals surface area (Å²) in [7, 11) is 1.19. The Hall–Kier alpha value is -3.51. The highest BCUT2D eigenvalue weighted by molar-refractivity contribution is 6.38. The monoisotopic (exact) mass is 691 g/mol. The molecule has 0 unspecified atom stereocenters. The summed E-state index contributed by atoms with van der Waals surface area (Å²) in [6.07, 6.45) is 3.05. The van der Waals surface area contributed by atoms with Crippen LogP contribution in [0.4, 0.5) is 4.79 Å². The number of hydrogen-bond acceptors (Lipinski definition) is 8. The normalized spacial score (nSPS) is 22.1. The summed E-state index contributed by atoms with van der Waals surface area (Å²) in [6.45, 7) is 18.4. The molecule has 49 heavy (non-hydrogen) atoms. The third kappa shape index (κ3) is 11.0. The van der Waals surface area contributed by atoms with Crippen molar-refractivity contribution >= 4 is 41.3 Å². The van der Waals surface area contributed by atoms with E-state index in [0.29, 0.717) is 19.4 Å². The van der Waals surface area contributed by atoms with Crippen molar-refractivity contribution in [3.05, 3.63) is 0 Å². The van der Waals surface area contributed by atoms with E-state index >= 15 is 0 Å². The van der Waals surface area contributed by atoms with E-state index < -0.39 is 76.4 Å². The first-order chi connectivity index (χ1) is 22.7. The third-order valence-electron chi connectivity index (χ3n) is 10.0. The number of methoxy groups -OCH3 is 1. The molecule has 13 heteroatoms. The van der Waals surface area contributed by atoms with Gasteiger partial charge in [-0.2, -0.15) is 0 Å². The topological polar surface area (TPSA) is 180 Å². The van der Waals surface area contributed by atoms with E-state index in [4.69, 9.17) is 0 Å². The largest absolute Gasteiger partial charge is 0.453 e. The quantitative estimate of drug-likeness (QED) is 0.189. The van der Waals surface area contributed by atoms with Crippen LogP contribution < -0.4 is 21.3 Å². The molecule has 0 aromatic carbocycles. The van der Waals surface area contributed by atoms with Gasteiger partial charge < -0.3 is 30.9 Å². The molecule has 1 aliphatic heterocycles. The fraction of sp³-hybridized carbons (Fsp3) is 0.806. The van der Waals surface area contributed by atoms with Crippen LogP contribution in [-0.2, 0) is 33.5 Å². The van der Waals surface area contributed by atoms with Crippen LogP contribution in [0.2, 0.25) is 0 Å². The smallest absolute Gasteiger partial charge is 0.407 e. The number of nitrogens with one attached hydrogen (secondary N) is 4. The number of alkyl carbamates (subject to hydrolysis) is 1. The molecule has 278 valence electrons. The van der Waals surface area contributed by atoms with Crippen molar-refractivity contribution in [2.75, 3.05) is 13.7 Å². The van der Waals surface area contributed by atoms with E-state index in [-0.39, 0.29) is 36.5 Å². The average molecular weight is 692 g/mol. The zero-order valence-electron chi connectivity index (χ0n) is 31.5. The minimum atomic E-state index is -1.03. The van der Waals surface area contributed by atoms with Crippen LogP contribution in [0.3, 0.4) is 0 Å². The first-order valence-corrected chi connectivity index (χ1v) is 17.8. The van der Waals surface area contributed by atoms with Gasteiger partial charge in [-0.25, -0.2) is 4.79 Å². The Labute approximate surface area is 292 Å². The van der Waals surface area contributed by atoms with E-state index in [1.807, 2.05) is 55.4 Å². The van der Waals surface area contributed by atoms with Crippen molar-refractivity contribution in [2.45, 2.75) is 144 Å². The minimum Gasteiger partial charge on any atom is -0.453 e. The summed E-state index contributed by atoms with van der Waals surface area (Å²) in [5.74, 6) is -4.06. The van der Waals surface area contributed by atoms with Crippen LogP contribution in [0, 0.1) is 28.6 Å². The molecule has 0 bridgehead atoms. The number of hydrogen-bond donors (Lipinski definition) is 4. The molecule has 2 fully saturated rings. The van der Waals surface area contributed by atoms with Crippen molar-refractivity contribution in [1.82, 2.24) is 26.2 Å². The summed E-state index contributed by atoms with van der Waals surface area (Å²) >= 11 is 0. The molecule has 5 amide bonds. The highest BCUT2D eigenvalue weighted by Crippen LogP contribution is 2.43. The second kappa shape index (κ2) is 17.4. The Morgan fingerprint density at radius 2 is 1.49 bits per heavy atom. The summed E-state index contributed by atoms with van der Waals surface area (Å²) in [6, 6.07) is -4.01. The van der Waals surface area contributed by atoms with E-state index in [9.17, 15) is 33.6 Å². The lowest BCUT2D eigenvalue weighted by Gasteiger charge is -2.38. The van der Waals surface area contributed by atoms with Gasteiger partial charge in [0, 0.05) is 24.9 Å². The number of rotatable bonds is 15. The summed E-state index contributed by atoms with van der Waals surface area (Å²) in [5, 5.41) is 10.9. The number of ether oxygens (including phenoxy) is 1. The van der Waals surface area contributed by atoms with Gasteiger partial charge in [-0.3, -0.25) is 28.8 Å². The number of likely N-dealkylation sites (tertiary alicyclic amines) is 1. The lowest BCUT2D eigenvalue weighted by molar-refractivity contribution is -0.147. The molecule has 0 spiro atoms. The standard InChI is InChI=1S/C36H61N5O8/c1-12-15-25(28(43)32(46)37-20(3)13-2)39-31(45)27-23-17-14-16-22(23)19-41(27)33(47)29(36(8,9)10)40-30(44)24(35(5,6)7)18-26(42)21(4)38-34(48)49-11/h20-25,27,29H,12-19H2,1-11H3,(H,37,46)(H,38,48)(H,39,45)(H,40,44)/t20-,21+,22-,23-,24+,25-,27-,29+/m0/s1. The number of carbonyl (C=O) groups is 7. The minimum absolute atomic E-state index is 0.0915. The zero-order valence-corrected chi connectivity index (χ0v) is 31.5. The lowest BCUT2D eigenvalue weighted by Crippen LogP contribution is -2.61. The predicted molar refractivity (Wildman–Crippen MR) is 185 cm³/mol. The molecule has 4 N–H and O–H groups in total. The molecule has 2 aliphatic rings. The molecular weight excluding hydrogens is 630 g/mol. The Morgan fingerprint density at radius 1 is 0.857 bits per heavy atom. The number of amides is 5. The van der Waals surface area contributed by atoms with Crippen molar-refractivity contribution in [3.63, 3.8) is 0 Å². The van der Waals surface area contributed by atoms with E-state index in [1.54, 1.807) is 11.8 Å². The highest BCUT2D eigenvalue weighted by Gasteiger charge is 2.52. The number of fused-ring (bicyclic) bond motifs is 1. The predicted octanol–water partition coefficient (Wildman–Crippen LogP) is 3.28. The first kappa shape index (κ1) is 41.7. The maximum absolute atomic E-state index is 14.5. The SMILES string of the molecule is CCC[C@H](NC(=O)[C@@H]1[C@H]2CCC[C@H]2CN1C(=O)[C@@H](NC(=O)[C@@H](CC(=O)[C@@H](C)NC(=O)OC)C(C)(C)C)C(C)(C)C)C(=O)C(=O)N[C@@H](C)CC.